The van der Waals surface area contributed by atoms with E-state index >= 15 is 0 Å². The molecule has 26 heavy (non-hydrogen) atoms. The SMILES string of the molecule is CCOc1ccc(C(=O)OCc2cn3ccccc3c2C#N)cc1OC. The molecule has 0 bridgehead atoms. The number of nitriles is 1. The van der Waals surface area contributed by atoms with E-state index in [2.05, 4.69) is 6.07 Å². The number of fused-ring (bicyclic) bond motifs is 1. The van der Waals surface area contributed by atoms with Crippen molar-refractivity contribution in [3.05, 3.63) is 65.5 Å². The van der Waals surface area contributed by atoms with Crippen LogP contribution in [0.5, 0.6) is 11.5 Å². The summed E-state index contributed by atoms with van der Waals surface area (Å²) in [4.78, 5) is 12.4. The number of rotatable bonds is 6. The Labute approximate surface area is 151 Å². The van der Waals surface area contributed by atoms with Crippen molar-refractivity contribution >= 4 is 11.5 Å². The third-order valence-corrected chi connectivity index (χ3v) is 3.93. The number of hydrogen-bond donors (Lipinski definition) is 0. The van der Waals surface area contributed by atoms with Crippen LogP contribution in [-0.2, 0) is 11.3 Å². The van der Waals surface area contributed by atoms with Crippen molar-refractivity contribution in [2.75, 3.05) is 13.7 Å². The molecule has 2 aromatic heterocycles. The van der Waals surface area contributed by atoms with E-state index in [1.165, 1.54) is 7.11 Å². The van der Waals surface area contributed by atoms with E-state index in [9.17, 15) is 10.1 Å². The Morgan fingerprint density at radius 3 is 2.81 bits per heavy atom. The van der Waals surface area contributed by atoms with E-state index in [4.69, 9.17) is 14.2 Å². The van der Waals surface area contributed by atoms with Crippen LogP contribution in [0.15, 0.2) is 48.8 Å². The van der Waals surface area contributed by atoms with Gasteiger partial charge in [-0.3, -0.25) is 0 Å². The molecule has 0 saturated carbocycles. The zero-order valence-corrected chi connectivity index (χ0v) is 14.6. The van der Waals surface area contributed by atoms with Crippen molar-refractivity contribution in [1.29, 1.82) is 5.26 Å². The number of hydrogen-bond acceptors (Lipinski definition) is 5. The van der Waals surface area contributed by atoms with Crippen LogP contribution >= 0.6 is 0 Å². The summed E-state index contributed by atoms with van der Waals surface area (Å²) >= 11 is 0. The van der Waals surface area contributed by atoms with Gasteiger partial charge in [0.1, 0.15) is 12.7 Å². The van der Waals surface area contributed by atoms with E-state index < -0.39 is 5.97 Å². The number of carbonyl (C=O) groups excluding carboxylic acids is 1. The van der Waals surface area contributed by atoms with Crippen molar-refractivity contribution in [2.24, 2.45) is 0 Å². The zero-order chi connectivity index (χ0) is 18.5. The van der Waals surface area contributed by atoms with E-state index in [0.717, 1.165) is 5.52 Å². The van der Waals surface area contributed by atoms with Gasteiger partial charge in [0.15, 0.2) is 11.5 Å². The van der Waals surface area contributed by atoms with Gasteiger partial charge >= 0.3 is 5.97 Å². The summed E-state index contributed by atoms with van der Waals surface area (Å²) in [7, 11) is 1.51. The summed E-state index contributed by atoms with van der Waals surface area (Å²) in [5, 5.41) is 9.40. The molecule has 0 radical (unpaired) electrons. The molecule has 6 heteroatoms. The Bertz CT molecular complexity index is 985. The molecule has 0 atom stereocenters. The minimum atomic E-state index is -0.495. The van der Waals surface area contributed by atoms with E-state index in [1.54, 1.807) is 24.4 Å². The van der Waals surface area contributed by atoms with Gasteiger partial charge in [-0.05, 0) is 37.3 Å². The molecule has 2 heterocycles. The maximum absolute atomic E-state index is 12.4. The van der Waals surface area contributed by atoms with Gasteiger partial charge < -0.3 is 18.6 Å². The molecule has 3 aromatic rings. The third kappa shape index (κ3) is 3.33. The highest BCUT2D eigenvalue weighted by Crippen LogP contribution is 2.28. The van der Waals surface area contributed by atoms with Crippen molar-refractivity contribution in [3.63, 3.8) is 0 Å². The largest absolute Gasteiger partial charge is 0.493 e. The summed E-state index contributed by atoms with van der Waals surface area (Å²) in [5.41, 5.74) is 2.30. The molecule has 0 aliphatic carbocycles. The fourth-order valence-corrected chi connectivity index (χ4v) is 2.71. The van der Waals surface area contributed by atoms with Gasteiger partial charge in [-0.2, -0.15) is 5.26 Å². The van der Waals surface area contributed by atoms with Crippen LogP contribution in [0.4, 0.5) is 0 Å². The average molecular weight is 350 g/mol. The second-order valence-corrected chi connectivity index (χ2v) is 5.51. The number of carbonyl (C=O) groups is 1. The quantitative estimate of drug-likeness (QED) is 0.636. The number of methoxy groups -OCH3 is 1. The molecular weight excluding hydrogens is 332 g/mol. The Balaban J connectivity index is 1.78. The first kappa shape index (κ1) is 17.4. The molecule has 0 N–H and O–H groups in total. The average Bonchev–Trinajstić information content (AvgIpc) is 3.04. The molecule has 132 valence electrons. The Hall–Kier alpha value is -3.46. The fraction of sp³-hybridized carbons (Fsp3) is 0.200. The van der Waals surface area contributed by atoms with E-state index in [0.29, 0.717) is 34.8 Å². The van der Waals surface area contributed by atoms with Crippen LogP contribution in [-0.4, -0.2) is 24.1 Å². The molecule has 1 aromatic carbocycles. The Morgan fingerprint density at radius 2 is 2.08 bits per heavy atom. The summed E-state index contributed by atoms with van der Waals surface area (Å²) < 4.78 is 17.9. The fourth-order valence-electron chi connectivity index (χ4n) is 2.71. The smallest absolute Gasteiger partial charge is 0.338 e. The summed E-state index contributed by atoms with van der Waals surface area (Å²) in [5.74, 6) is 0.538. The Kier molecular flexibility index (Phi) is 5.09. The van der Waals surface area contributed by atoms with Gasteiger partial charge in [-0.25, -0.2) is 4.79 Å². The lowest BCUT2D eigenvalue weighted by atomic mass is 10.2. The molecule has 0 aliphatic heterocycles. The van der Waals surface area contributed by atoms with Crippen LogP contribution in [0.25, 0.3) is 5.52 Å². The predicted octanol–water partition coefficient (Wildman–Crippen LogP) is 3.58. The highest BCUT2D eigenvalue weighted by molar-refractivity contribution is 5.90. The second kappa shape index (κ2) is 7.62. The predicted molar refractivity (Wildman–Crippen MR) is 95.4 cm³/mol. The summed E-state index contributed by atoms with van der Waals surface area (Å²) in [6.45, 7) is 2.38. The number of pyridine rings is 1. The van der Waals surface area contributed by atoms with Crippen molar-refractivity contribution < 1.29 is 19.0 Å². The molecule has 0 spiro atoms. The molecule has 0 aliphatic rings. The minimum absolute atomic E-state index is 0.0128. The lowest BCUT2D eigenvalue weighted by molar-refractivity contribution is 0.0472. The molecule has 3 rings (SSSR count). The zero-order valence-electron chi connectivity index (χ0n) is 14.6. The molecular formula is C20H18N2O4. The lowest BCUT2D eigenvalue weighted by Gasteiger charge is -2.10. The summed E-state index contributed by atoms with van der Waals surface area (Å²) in [6, 6.07) is 12.6. The van der Waals surface area contributed by atoms with Crippen molar-refractivity contribution in [2.45, 2.75) is 13.5 Å². The van der Waals surface area contributed by atoms with Crippen molar-refractivity contribution in [1.82, 2.24) is 4.40 Å². The highest BCUT2D eigenvalue weighted by Gasteiger charge is 2.15. The molecule has 0 fully saturated rings. The highest BCUT2D eigenvalue weighted by atomic mass is 16.5. The van der Waals surface area contributed by atoms with Gasteiger partial charge in [0.05, 0.1) is 30.4 Å². The van der Waals surface area contributed by atoms with Crippen LogP contribution in [0.1, 0.15) is 28.4 Å². The van der Waals surface area contributed by atoms with E-state index in [-0.39, 0.29) is 6.61 Å². The number of esters is 1. The first-order valence-electron chi connectivity index (χ1n) is 8.14. The minimum Gasteiger partial charge on any atom is -0.493 e. The van der Waals surface area contributed by atoms with Crippen LogP contribution < -0.4 is 9.47 Å². The van der Waals surface area contributed by atoms with Gasteiger partial charge in [-0.1, -0.05) is 6.07 Å². The third-order valence-electron chi connectivity index (χ3n) is 3.93. The first-order chi connectivity index (χ1) is 12.7. The van der Waals surface area contributed by atoms with Crippen LogP contribution in [0.2, 0.25) is 0 Å². The number of nitrogens with zero attached hydrogens (tertiary/aromatic N) is 2. The van der Waals surface area contributed by atoms with Gasteiger partial charge in [0, 0.05) is 18.0 Å². The topological polar surface area (TPSA) is 73.0 Å². The second-order valence-electron chi connectivity index (χ2n) is 5.51. The standard InChI is InChI=1S/C20H18N2O4/c1-3-25-18-8-7-14(10-19(18)24-2)20(23)26-13-15-12-22-9-5-4-6-17(22)16(15)11-21/h4-10,12H,3,13H2,1-2H3. The van der Waals surface area contributed by atoms with Gasteiger partial charge in [0.2, 0.25) is 0 Å². The molecule has 0 amide bonds. The van der Waals surface area contributed by atoms with Gasteiger partial charge in [-0.15, -0.1) is 0 Å². The monoisotopic (exact) mass is 350 g/mol. The maximum Gasteiger partial charge on any atom is 0.338 e. The van der Waals surface area contributed by atoms with Gasteiger partial charge in [0.25, 0.3) is 0 Å². The summed E-state index contributed by atoms with van der Waals surface area (Å²) in [6.07, 6.45) is 3.64. The van der Waals surface area contributed by atoms with Crippen molar-refractivity contribution in [3.8, 4) is 17.6 Å². The lowest BCUT2D eigenvalue weighted by Crippen LogP contribution is -2.06. The number of ether oxygens (including phenoxy) is 3. The number of benzene rings is 1. The van der Waals surface area contributed by atoms with E-state index in [1.807, 2.05) is 35.7 Å². The Morgan fingerprint density at radius 1 is 1.23 bits per heavy atom. The molecule has 0 unspecified atom stereocenters. The molecule has 6 nitrogen and oxygen atoms in total. The normalized spacial score (nSPS) is 10.3. The molecule has 0 saturated heterocycles. The van der Waals surface area contributed by atoms with Crippen LogP contribution in [0.3, 0.4) is 0 Å². The first-order valence-corrected chi connectivity index (χ1v) is 8.14. The van der Waals surface area contributed by atoms with Crippen LogP contribution in [0, 0.1) is 11.3 Å². The maximum atomic E-state index is 12.4. The number of aromatic nitrogens is 1.